The zero-order valence-electron chi connectivity index (χ0n) is 28.3. The van der Waals surface area contributed by atoms with E-state index in [0.29, 0.717) is 5.89 Å². The Labute approximate surface area is 301 Å². The molecule has 2 heterocycles. The summed E-state index contributed by atoms with van der Waals surface area (Å²) in [4.78, 5) is 4.81. The van der Waals surface area contributed by atoms with E-state index in [1.165, 1.54) is 60.9 Å². The lowest BCUT2D eigenvalue weighted by Gasteiger charge is -2.09. The molecule has 0 aliphatic rings. The number of oxazole rings is 1. The smallest absolute Gasteiger partial charge is 0.227 e. The second-order valence-electron chi connectivity index (χ2n) is 13.2. The Bertz CT molecular complexity index is 2850. The molecule has 3 heteroatoms. The molecule has 52 heavy (non-hydrogen) atoms. The first-order chi connectivity index (χ1) is 25.7. The lowest BCUT2D eigenvalue weighted by atomic mass is 9.97. The van der Waals surface area contributed by atoms with Crippen molar-refractivity contribution >= 4 is 32.9 Å². The summed E-state index contributed by atoms with van der Waals surface area (Å²) in [5, 5.41) is 2.52. The van der Waals surface area contributed by atoms with Crippen molar-refractivity contribution in [3.05, 3.63) is 194 Å². The summed E-state index contributed by atoms with van der Waals surface area (Å²) in [5.41, 5.74) is 15.6. The first kappa shape index (κ1) is 29.9. The Morgan fingerprint density at radius 1 is 0.346 bits per heavy atom. The van der Waals surface area contributed by atoms with Gasteiger partial charge in [-0.2, -0.15) is 0 Å². The van der Waals surface area contributed by atoms with Crippen molar-refractivity contribution in [1.82, 2.24) is 9.55 Å². The van der Waals surface area contributed by atoms with Gasteiger partial charge >= 0.3 is 0 Å². The quantitative estimate of drug-likeness (QED) is 0.177. The van der Waals surface area contributed by atoms with Crippen LogP contribution in [0.5, 0.6) is 0 Å². The maximum atomic E-state index is 6.13. The second-order valence-corrected chi connectivity index (χ2v) is 13.2. The Morgan fingerprint density at radius 3 is 1.46 bits per heavy atom. The molecule has 0 atom stereocenters. The summed E-state index contributed by atoms with van der Waals surface area (Å²) in [6.45, 7) is 0. The fourth-order valence-electron chi connectivity index (χ4n) is 7.38. The maximum Gasteiger partial charge on any atom is 0.227 e. The molecule has 3 nitrogen and oxygen atoms in total. The van der Waals surface area contributed by atoms with Crippen LogP contribution in [0.2, 0.25) is 0 Å². The predicted octanol–water partition coefficient (Wildman–Crippen LogP) is 13.3. The van der Waals surface area contributed by atoms with Crippen LogP contribution >= 0.6 is 0 Å². The molecule has 10 rings (SSSR count). The van der Waals surface area contributed by atoms with Crippen molar-refractivity contribution < 1.29 is 4.42 Å². The van der Waals surface area contributed by atoms with Gasteiger partial charge in [-0.25, -0.2) is 4.98 Å². The first-order valence-electron chi connectivity index (χ1n) is 17.6. The number of benzene rings is 8. The molecule has 0 radical (unpaired) electrons. The van der Waals surface area contributed by atoms with E-state index < -0.39 is 0 Å². The van der Waals surface area contributed by atoms with Gasteiger partial charge in [-0.1, -0.05) is 140 Å². The molecule has 0 N–H and O–H groups in total. The Hall–Kier alpha value is -6.97. The van der Waals surface area contributed by atoms with Crippen LogP contribution in [0.15, 0.2) is 199 Å². The molecule has 244 valence electrons. The highest BCUT2D eigenvalue weighted by Gasteiger charge is 2.14. The zero-order valence-corrected chi connectivity index (χ0v) is 28.3. The number of fused-ring (bicyclic) bond motifs is 4. The fraction of sp³-hybridized carbons (Fsp3) is 0. The van der Waals surface area contributed by atoms with E-state index in [4.69, 9.17) is 9.40 Å². The molecule has 0 amide bonds. The Balaban J connectivity index is 0.881. The molecule has 0 unspecified atom stereocenters. The van der Waals surface area contributed by atoms with Crippen LogP contribution in [0.3, 0.4) is 0 Å². The molecule has 0 saturated heterocycles. The molecule has 0 bridgehead atoms. The lowest BCUT2D eigenvalue weighted by molar-refractivity contribution is 0.620. The summed E-state index contributed by atoms with van der Waals surface area (Å²) in [6, 6.07) is 68.8. The number of hydrogen-bond acceptors (Lipinski definition) is 2. The van der Waals surface area contributed by atoms with E-state index in [1.54, 1.807) is 0 Å². The van der Waals surface area contributed by atoms with Gasteiger partial charge in [-0.3, -0.25) is 0 Å². The minimum absolute atomic E-state index is 0.629. The van der Waals surface area contributed by atoms with E-state index in [9.17, 15) is 0 Å². The van der Waals surface area contributed by atoms with Gasteiger partial charge in [0.1, 0.15) is 5.52 Å². The number of aromatic nitrogens is 2. The molecule has 0 aliphatic heterocycles. The highest BCUT2D eigenvalue weighted by atomic mass is 16.3. The van der Waals surface area contributed by atoms with Crippen LogP contribution in [0.25, 0.3) is 94.6 Å². The van der Waals surface area contributed by atoms with Crippen LogP contribution in [0.1, 0.15) is 0 Å². The molecule has 2 aromatic heterocycles. The SMILES string of the molecule is c1ccc(-c2ccc3oc(-c4ccc(-c5ccc(-c6ccc(-c7ccc8c(c7)c7ccccc7n8-c7ccccc7)cc6)cc5)cc4)nc3c2)cc1. The van der Waals surface area contributed by atoms with Gasteiger partial charge in [-0.15, -0.1) is 0 Å². The van der Waals surface area contributed by atoms with Crippen molar-refractivity contribution in [2.75, 3.05) is 0 Å². The number of para-hydroxylation sites is 2. The second kappa shape index (κ2) is 12.4. The van der Waals surface area contributed by atoms with E-state index in [0.717, 1.165) is 27.8 Å². The van der Waals surface area contributed by atoms with Crippen molar-refractivity contribution in [2.24, 2.45) is 0 Å². The van der Waals surface area contributed by atoms with Gasteiger partial charge in [0.15, 0.2) is 5.58 Å². The van der Waals surface area contributed by atoms with Crippen LogP contribution in [0, 0.1) is 0 Å². The largest absolute Gasteiger partial charge is 0.436 e. The monoisotopic (exact) mass is 664 g/mol. The van der Waals surface area contributed by atoms with Crippen molar-refractivity contribution in [3.63, 3.8) is 0 Å². The lowest BCUT2D eigenvalue weighted by Crippen LogP contribution is -1.92. The van der Waals surface area contributed by atoms with Crippen LogP contribution in [0.4, 0.5) is 0 Å². The summed E-state index contributed by atoms with van der Waals surface area (Å²) in [5.74, 6) is 0.629. The highest BCUT2D eigenvalue weighted by Crippen LogP contribution is 2.36. The molecule has 0 fully saturated rings. The standard InChI is InChI=1S/C49H32N2O/c1-3-9-33(10-4-1)41-28-30-48-45(32-41)50-49(52-48)39-25-23-37(24-26-39)35-17-15-34(16-18-35)36-19-21-38(22-20-36)40-27-29-47-44(31-40)43-13-7-8-14-46(43)51(47)42-11-5-2-6-12-42/h1-32H. The van der Waals surface area contributed by atoms with Crippen LogP contribution in [-0.2, 0) is 0 Å². The first-order valence-corrected chi connectivity index (χ1v) is 17.6. The third-order valence-electron chi connectivity index (χ3n) is 10.1. The Morgan fingerprint density at radius 2 is 0.808 bits per heavy atom. The fourth-order valence-corrected chi connectivity index (χ4v) is 7.38. The molecule has 0 saturated carbocycles. The molecule has 0 spiro atoms. The van der Waals surface area contributed by atoms with Crippen LogP contribution in [-0.4, -0.2) is 9.55 Å². The van der Waals surface area contributed by atoms with Crippen molar-refractivity contribution in [3.8, 4) is 61.6 Å². The van der Waals surface area contributed by atoms with E-state index >= 15 is 0 Å². The Kier molecular flexibility index (Phi) is 7.14. The normalized spacial score (nSPS) is 11.5. The molecular weight excluding hydrogens is 633 g/mol. The summed E-state index contributed by atoms with van der Waals surface area (Å²) >= 11 is 0. The minimum Gasteiger partial charge on any atom is -0.436 e. The van der Waals surface area contributed by atoms with E-state index in [1.807, 2.05) is 12.1 Å². The summed E-state index contributed by atoms with van der Waals surface area (Å²) in [7, 11) is 0. The molecular formula is C49H32N2O. The predicted molar refractivity (Wildman–Crippen MR) is 216 cm³/mol. The van der Waals surface area contributed by atoms with Gasteiger partial charge in [0.2, 0.25) is 5.89 Å². The number of rotatable bonds is 6. The summed E-state index contributed by atoms with van der Waals surface area (Å²) in [6.07, 6.45) is 0. The number of nitrogens with zero attached hydrogens (tertiary/aromatic N) is 2. The molecule has 10 aromatic rings. The van der Waals surface area contributed by atoms with Gasteiger partial charge in [-0.05, 0) is 99.1 Å². The topological polar surface area (TPSA) is 31.0 Å². The van der Waals surface area contributed by atoms with Gasteiger partial charge < -0.3 is 8.98 Å². The van der Waals surface area contributed by atoms with Crippen LogP contribution < -0.4 is 0 Å². The van der Waals surface area contributed by atoms with Gasteiger partial charge in [0.05, 0.1) is 11.0 Å². The molecule has 8 aromatic carbocycles. The average molecular weight is 665 g/mol. The number of hydrogen-bond donors (Lipinski definition) is 0. The van der Waals surface area contributed by atoms with Gasteiger partial charge in [0.25, 0.3) is 0 Å². The third-order valence-corrected chi connectivity index (χ3v) is 10.1. The highest BCUT2D eigenvalue weighted by molar-refractivity contribution is 6.10. The maximum absolute atomic E-state index is 6.13. The van der Waals surface area contributed by atoms with Crippen molar-refractivity contribution in [1.29, 1.82) is 0 Å². The minimum atomic E-state index is 0.629. The third kappa shape index (κ3) is 5.28. The van der Waals surface area contributed by atoms with E-state index in [2.05, 4.69) is 187 Å². The van der Waals surface area contributed by atoms with Crippen molar-refractivity contribution in [2.45, 2.75) is 0 Å². The molecule has 0 aliphatic carbocycles. The summed E-state index contributed by atoms with van der Waals surface area (Å²) < 4.78 is 8.49. The zero-order chi connectivity index (χ0) is 34.4. The van der Waals surface area contributed by atoms with E-state index in [-0.39, 0.29) is 0 Å². The van der Waals surface area contributed by atoms with Gasteiger partial charge in [0, 0.05) is 22.0 Å². The average Bonchev–Trinajstić information content (AvgIpc) is 3.81.